The summed E-state index contributed by atoms with van der Waals surface area (Å²) in [5, 5.41) is 0. The van der Waals surface area contributed by atoms with Crippen molar-refractivity contribution in [3.63, 3.8) is 0 Å². The highest BCUT2D eigenvalue weighted by molar-refractivity contribution is 6.73. The molecule has 0 radical (unpaired) electrons. The number of rotatable bonds is 13. The van der Waals surface area contributed by atoms with Crippen molar-refractivity contribution in [3.8, 4) is 11.8 Å². The molecule has 0 spiro atoms. The molecule has 1 unspecified atom stereocenters. The zero-order valence-electron chi connectivity index (χ0n) is 22.2. The van der Waals surface area contributed by atoms with Gasteiger partial charge < -0.3 is 4.43 Å². The molecule has 1 rings (SSSR count). The van der Waals surface area contributed by atoms with Crippen LogP contribution in [0, 0.1) is 29.1 Å². The van der Waals surface area contributed by atoms with Crippen LogP contribution in [-0.2, 0) is 4.43 Å². The standard InChI is InChI=1S/C29H50OSi/c1-11-20-29(21-16-17-24(6)7,30-31(13-3,14-4)15-5)23-22-28(10)26(12-2)18-19-27(28)25(8)9/h12,17-18,25,27H,2,13-16,19,21-23H2,1,3-10H3/t27-,28+,29?/m1/s1. The Morgan fingerprint density at radius 1 is 1.26 bits per heavy atom. The van der Waals surface area contributed by atoms with Gasteiger partial charge in [-0.2, -0.15) is 0 Å². The van der Waals surface area contributed by atoms with Gasteiger partial charge in [0.2, 0.25) is 0 Å². The van der Waals surface area contributed by atoms with Gasteiger partial charge in [-0.05, 0) is 93.8 Å². The van der Waals surface area contributed by atoms with Crippen molar-refractivity contribution in [1.29, 1.82) is 0 Å². The van der Waals surface area contributed by atoms with E-state index < -0.39 is 8.32 Å². The monoisotopic (exact) mass is 442 g/mol. The zero-order chi connectivity index (χ0) is 23.7. The molecule has 0 heterocycles. The Labute approximate surface area is 196 Å². The Kier molecular flexibility index (Phi) is 11.1. The van der Waals surface area contributed by atoms with E-state index in [-0.39, 0.29) is 11.0 Å². The third kappa shape index (κ3) is 6.97. The van der Waals surface area contributed by atoms with Gasteiger partial charge in [-0.1, -0.05) is 77.8 Å². The molecule has 31 heavy (non-hydrogen) atoms. The minimum atomic E-state index is -1.79. The van der Waals surface area contributed by atoms with Crippen LogP contribution in [0.25, 0.3) is 0 Å². The molecule has 0 amide bonds. The summed E-state index contributed by atoms with van der Waals surface area (Å²) in [7, 11) is -1.79. The summed E-state index contributed by atoms with van der Waals surface area (Å²) in [6, 6.07) is 3.50. The highest BCUT2D eigenvalue weighted by atomic mass is 28.4. The molecule has 0 bridgehead atoms. The van der Waals surface area contributed by atoms with Gasteiger partial charge >= 0.3 is 0 Å². The van der Waals surface area contributed by atoms with Gasteiger partial charge in [0.1, 0.15) is 5.60 Å². The molecule has 0 aromatic rings. The second-order valence-electron chi connectivity index (χ2n) is 10.4. The highest BCUT2D eigenvalue weighted by Gasteiger charge is 2.45. The third-order valence-electron chi connectivity index (χ3n) is 7.94. The Morgan fingerprint density at radius 2 is 1.87 bits per heavy atom. The lowest BCUT2D eigenvalue weighted by Crippen LogP contribution is -2.47. The van der Waals surface area contributed by atoms with Crippen LogP contribution in [0.1, 0.15) is 94.4 Å². The van der Waals surface area contributed by atoms with Gasteiger partial charge in [-0.15, -0.1) is 5.92 Å². The zero-order valence-corrected chi connectivity index (χ0v) is 23.2. The van der Waals surface area contributed by atoms with Crippen molar-refractivity contribution in [2.45, 2.75) is 118 Å². The fraction of sp³-hybridized carbons (Fsp3) is 0.724. The van der Waals surface area contributed by atoms with E-state index in [0.717, 1.165) is 32.1 Å². The molecule has 0 saturated heterocycles. The predicted molar refractivity (Wildman–Crippen MR) is 142 cm³/mol. The van der Waals surface area contributed by atoms with Gasteiger partial charge in [0.15, 0.2) is 8.32 Å². The topological polar surface area (TPSA) is 9.23 Å². The van der Waals surface area contributed by atoms with Gasteiger partial charge in [-0.3, -0.25) is 0 Å². The SMILES string of the molecule is C=CC1=CC[C@H](C(C)C)[C@@]1(C)CCC(C#CC)(CCC=C(C)C)O[Si](CC)(CC)CC. The lowest BCUT2D eigenvalue weighted by Gasteiger charge is -2.43. The first-order chi connectivity index (χ1) is 14.6. The molecule has 0 aliphatic heterocycles. The van der Waals surface area contributed by atoms with Crippen molar-refractivity contribution in [1.82, 2.24) is 0 Å². The van der Waals surface area contributed by atoms with Crippen molar-refractivity contribution in [2.75, 3.05) is 0 Å². The normalized spacial score (nSPS) is 23.0. The minimum absolute atomic E-state index is 0.158. The maximum atomic E-state index is 7.26. The fourth-order valence-corrected chi connectivity index (χ4v) is 8.67. The first-order valence-corrected chi connectivity index (χ1v) is 15.2. The molecular weight excluding hydrogens is 392 g/mol. The van der Waals surface area contributed by atoms with Gasteiger partial charge in [0.05, 0.1) is 0 Å². The second-order valence-corrected chi connectivity index (χ2v) is 15.1. The molecule has 176 valence electrons. The molecule has 0 fully saturated rings. The van der Waals surface area contributed by atoms with Crippen LogP contribution >= 0.6 is 0 Å². The molecule has 0 aromatic heterocycles. The Bertz CT molecular complexity index is 688. The van der Waals surface area contributed by atoms with Gasteiger partial charge in [0.25, 0.3) is 0 Å². The molecule has 3 atom stereocenters. The van der Waals surface area contributed by atoms with Crippen molar-refractivity contribution in [3.05, 3.63) is 36.0 Å². The maximum absolute atomic E-state index is 7.26. The summed E-state index contributed by atoms with van der Waals surface area (Å²) in [6.07, 6.45) is 12.2. The minimum Gasteiger partial charge on any atom is -0.401 e. The van der Waals surface area contributed by atoms with E-state index in [9.17, 15) is 0 Å². The molecule has 0 N–H and O–H groups in total. The molecule has 1 aliphatic carbocycles. The Hall–Kier alpha value is -1.04. The van der Waals surface area contributed by atoms with Crippen LogP contribution < -0.4 is 0 Å². The van der Waals surface area contributed by atoms with E-state index in [1.165, 1.54) is 29.3 Å². The molecular formula is C29H50OSi. The average molecular weight is 443 g/mol. The van der Waals surface area contributed by atoms with E-state index in [1.54, 1.807) is 0 Å². The van der Waals surface area contributed by atoms with E-state index in [1.807, 2.05) is 6.92 Å². The van der Waals surface area contributed by atoms with Crippen LogP contribution in [0.2, 0.25) is 18.1 Å². The Morgan fingerprint density at radius 3 is 2.32 bits per heavy atom. The maximum Gasteiger partial charge on any atom is 0.194 e. The summed E-state index contributed by atoms with van der Waals surface area (Å²) < 4.78 is 7.26. The summed E-state index contributed by atoms with van der Waals surface area (Å²) in [5.74, 6) is 8.24. The predicted octanol–water partition coefficient (Wildman–Crippen LogP) is 9.09. The van der Waals surface area contributed by atoms with Crippen LogP contribution in [0.4, 0.5) is 0 Å². The lowest BCUT2D eigenvalue weighted by molar-refractivity contribution is 0.0713. The summed E-state index contributed by atoms with van der Waals surface area (Å²) >= 11 is 0. The van der Waals surface area contributed by atoms with Crippen LogP contribution in [0.3, 0.4) is 0 Å². The molecule has 0 saturated carbocycles. The van der Waals surface area contributed by atoms with Crippen molar-refractivity contribution < 1.29 is 4.43 Å². The van der Waals surface area contributed by atoms with E-state index in [2.05, 4.69) is 92.0 Å². The number of hydrogen-bond acceptors (Lipinski definition) is 1. The molecule has 2 heteroatoms. The summed E-state index contributed by atoms with van der Waals surface area (Å²) in [4.78, 5) is 0. The molecule has 0 aromatic carbocycles. The van der Waals surface area contributed by atoms with Gasteiger partial charge in [0, 0.05) is 0 Å². The highest BCUT2D eigenvalue weighted by Crippen LogP contribution is 2.52. The van der Waals surface area contributed by atoms with Crippen molar-refractivity contribution >= 4 is 8.32 Å². The van der Waals surface area contributed by atoms with Crippen molar-refractivity contribution in [2.24, 2.45) is 17.3 Å². The van der Waals surface area contributed by atoms with E-state index >= 15 is 0 Å². The first kappa shape index (κ1) is 28.0. The number of hydrogen-bond donors (Lipinski definition) is 0. The second kappa shape index (κ2) is 12.3. The van der Waals surface area contributed by atoms with E-state index in [0.29, 0.717) is 11.8 Å². The fourth-order valence-electron chi connectivity index (χ4n) is 5.66. The number of allylic oxidation sites excluding steroid dienone is 5. The quantitative estimate of drug-likeness (QED) is 0.157. The van der Waals surface area contributed by atoms with Gasteiger partial charge in [-0.25, -0.2) is 0 Å². The average Bonchev–Trinajstić information content (AvgIpc) is 3.07. The summed E-state index contributed by atoms with van der Waals surface area (Å²) in [5.41, 5.74) is 2.63. The smallest absolute Gasteiger partial charge is 0.194 e. The van der Waals surface area contributed by atoms with Crippen LogP contribution in [-0.4, -0.2) is 13.9 Å². The van der Waals surface area contributed by atoms with Crippen LogP contribution in [0.5, 0.6) is 0 Å². The van der Waals surface area contributed by atoms with Crippen LogP contribution in [0.15, 0.2) is 36.0 Å². The Balaban J connectivity index is 3.33. The summed E-state index contributed by atoms with van der Waals surface area (Å²) in [6.45, 7) is 24.7. The largest absolute Gasteiger partial charge is 0.401 e. The lowest BCUT2D eigenvalue weighted by atomic mass is 9.66. The molecule has 1 nitrogen and oxygen atoms in total. The molecule has 1 aliphatic rings. The third-order valence-corrected chi connectivity index (χ3v) is 12.6. The first-order valence-electron chi connectivity index (χ1n) is 12.7. The van der Waals surface area contributed by atoms with E-state index in [4.69, 9.17) is 4.43 Å².